The van der Waals surface area contributed by atoms with E-state index in [1.807, 2.05) is 12.1 Å². The number of aryl methyl sites for hydroxylation is 1. The van der Waals surface area contributed by atoms with E-state index >= 15 is 0 Å². The first kappa shape index (κ1) is 20.9. The monoisotopic (exact) mass is 409 g/mol. The molecule has 0 bridgehead atoms. The summed E-state index contributed by atoms with van der Waals surface area (Å²) in [5, 5.41) is 2.65. The van der Waals surface area contributed by atoms with Crippen LogP contribution < -0.4 is 5.84 Å². The van der Waals surface area contributed by atoms with Crippen LogP contribution in [0.4, 0.5) is 0 Å². The van der Waals surface area contributed by atoms with E-state index in [-0.39, 0.29) is 0 Å². The van der Waals surface area contributed by atoms with Gasteiger partial charge in [-0.1, -0.05) is 47.5 Å². The molecule has 0 unspecified atom stereocenters. The summed E-state index contributed by atoms with van der Waals surface area (Å²) in [6.45, 7) is 3.53. The molecule has 6 heteroatoms. The number of nitrogens with zero attached hydrogens (tertiary/aromatic N) is 2. The van der Waals surface area contributed by atoms with Crippen molar-refractivity contribution in [3.63, 3.8) is 0 Å². The first-order valence-corrected chi connectivity index (χ1v) is 9.67. The third kappa shape index (κ3) is 5.05. The third-order valence-electron chi connectivity index (χ3n) is 4.27. The number of allylic oxidation sites excluding steroid dienone is 4. The van der Waals surface area contributed by atoms with Gasteiger partial charge in [0.05, 0.1) is 18.1 Å². The Labute approximate surface area is 170 Å². The van der Waals surface area contributed by atoms with E-state index in [1.165, 1.54) is 11.1 Å². The number of amidine groups is 1. The van der Waals surface area contributed by atoms with Gasteiger partial charge in [0.1, 0.15) is 5.84 Å². The number of aliphatic imine (C=N–C) groups is 1. The highest BCUT2D eigenvalue weighted by molar-refractivity contribution is 6.40. The Morgan fingerprint density at radius 2 is 2.19 bits per heavy atom. The molecule has 0 spiro atoms. The zero-order chi connectivity index (χ0) is 19.1. The zero-order valence-corrected chi connectivity index (χ0v) is 17.0. The number of terminal acetylenes is 1. The molecular weight excluding hydrogens is 389 g/mol. The second kappa shape index (κ2) is 10.0. The van der Waals surface area contributed by atoms with E-state index in [2.05, 4.69) is 30.0 Å². The molecule has 1 heterocycles. The highest BCUT2D eigenvalue weighted by Crippen LogP contribution is 2.29. The third-order valence-corrected chi connectivity index (χ3v) is 5.32. The summed E-state index contributed by atoms with van der Waals surface area (Å²) in [4.78, 5) is 4.54. The highest BCUT2D eigenvalue weighted by atomic mass is 35.5. The van der Waals surface area contributed by atoms with Crippen LogP contribution >= 0.6 is 34.8 Å². The van der Waals surface area contributed by atoms with E-state index < -0.39 is 0 Å². The second-order valence-electron chi connectivity index (χ2n) is 5.98. The molecule has 1 aliphatic heterocycles. The normalized spacial score (nSPS) is 15.6. The number of benzene rings is 1. The van der Waals surface area contributed by atoms with Crippen molar-refractivity contribution in [2.75, 3.05) is 19.0 Å². The maximum Gasteiger partial charge on any atom is 0.145 e. The number of rotatable bonds is 7. The summed E-state index contributed by atoms with van der Waals surface area (Å²) in [5.41, 5.74) is 4.34. The molecule has 0 saturated carbocycles. The van der Waals surface area contributed by atoms with Gasteiger partial charge < -0.3 is 0 Å². The fraction of sp³-hybridized carbons (Fsp3) is 0.350. The van der Waals surface area contributed by atoms with Gasteiger partial charge in [-0.15, -0.1) is 23.9 Å². The van der Waals surface area contributed by atoms with Crippen molar-refractivity contribution < 1.29 is 0 Å². The van der Waals surface area contributed by atoms with Gasteiger partial charge in [-0.25, -0.2) is 5.84 Å². The maximum atomic E-state index is 6.42. The molecule has 1 aromatic carbocycles. The Hall–Kier alpha value is -1.44. The van der Waals surface area contributed by atoms with Crippen LogP contribution in [0.1, 0.15) is 29.5 Å². The van der Waals surface area contributed by atoms with Crippen molar-refractivity contribution in [3.05, 3.63) is 56.6 Å². The van der Waals surface area contributed by atoms with Crippen molar-refractivity contribution in [2.45, 2.75) is 26.2 Å². The number of alkyl halides is 1. The Morgan fingerprint density at radius 1 is 1.42 bits per heavy atom. The highest BCUT2D eigenvalue weighted by Gasteiger charge is 2.20. The molecule has 0 saturated heterocycles. The van der Waals surface area contributed by atoms with Gasteiger partial charge in [0.25, 0.3) is 0 Å². The topological polar surface area (TPSA) is 41.6 Å². The van der Waals surface area contributed by atoms with Gasteiger partial charge in [0.15, 0.2) is 0 Å². The number of hydrogen-bond donors (Lipinski definition) is 1. The minimum absolute atomic E-state index is 0.300. The molecule has 1 aliphatic rings. The summed E-state index contributed by atoms with van der Waals surface area (Å²) in [7, 11) is 0. The lowest BCUT2D eigenvalue weighted by atomic mass is 9.94. The molecule has 1 aromatic rings. The predicted octanol–water partition coefficient (Wildman–Crippen LogP) is 4.74. The maximum absolute atomic E-state index is 6.42. The van der Waals surface area contributed by atoms with Crippen molar-refractivity contribution in [1.82, 2.24) is 5.01 Å². The van der Waals surface area contributed by atoms with Crippen LogP contribution in [0.3, 0.4) is 0 Å². The van der Waals surface area contributed by atoms with Crippen molar-refractivity contribution in [1.29, 1.82) is 0 Å². The van der Waals surface area contributed by atoms with Gasteiger partial charge in [-0.2, -0.15) is 0 Å². The van der Waals surface area contributed by atoms with Crippen LogP contribution in [0.2, 0.25) is 0 Å². The molecular formula is C20H22Cl3N3. The summed E-state index contributed by atoms with van der Waals surface area (Å²) in [6, 6.07) is 6.16. The lowest BCUT2D eigenvalue weighted by Crippen LogP contribution is -2.35. The van der Waals surface area contributed by atoms with Gasteiger partial charge >= 0.3 is 0 Å². The fourth-order valence-corrected chi connectivity index (χ4v) is 3.56. The average molecular weight is 411 g/mol. The van der Waals surface area contributed by atoms with E-state index in [4.69, 9.17) is 47.1 Å². The molecule has 2 N–H and O–H groups in total. The minimum Gasteiger partial charge on any atom is -0.293 e. The van der Waals surface area contributed by atoms with Crippen LogP contribution in [0.25, 0.3) is 0 Å². The number of hydrogen-bond acceptors (Lipinski definition) is 3. The lowest BCUT2D eigenvalue weighted by Gasteiger charge is -2.19. The number of hydrazine groups is 1. The lowest BCUT2D eigenvalue weighted by molar-refractivity contribution is 0.484. The standard InChI is InChI=1S/C20H22Cl3N3/c1-3-5-18(22)19(23)15(10-11-21)8-9-16-14(2)6-4-7-17(16)20-25-12-13-26(20)24/h1,4,6-7,10H,5,8-9,11-13,24H2,2H3/b15-10-,19-18-. The Kier molecular flexibility index (Phi) is 8.06. The molecule has 0 amide bonds. The molecule has 3 nitrogen and oxygen atoms in total. The first-order valence-electron chi connectivity index (χ1n) is 8.38. The van der Waals surface area contributed by atoms with Crippen LogP contribution in [0.5, 0.6) is 0 Å². The fourth-order valence-electron chi connectivity index (χ4n) is 2.94. The van der Waals surface area contributed by atoms with E-state index in [0.29, 0.717) is 35.3 Å². The Bertz CT molecular complexity index is 788. The number of nitrogens with two attached hydrogens (primary N) is 1. The molecule has 26 heavy (non-hydrogen) atoms. The molecule has 138 valence electrons. The predicted molar refractivity (Wildman–Crippen MR) is 113 cm³/mol. The largest absolute Gasteiger partial charge is 0.293 e. The summed E-state index contributed by atoms with van der Waals surface area (Å²) in [5.74, 6) is 9.76. The average Bonchev–Trinajstić information content (AvgIpc) is 3.04. The van der Waals surface area contributed by atoms with Crippen LogP contribution in [0, 0.1) is 19.3 Å². The molecule has 0 aliphatic carbocycles. The van der Waals surface area contributed by atoms with E-state index in [9.17, 15) is 0 Å². The van der Waals surface area contributed by atoms with Gasteiger partial charge in [-0.05, 0) is 36.5 Å². The first-order chi connectivity index (χ1) is 12.5. The molecule has 2 rings (SSSR count). The van der Waals surface area contributed by atoms with Crippen LogP contribution in [-0.2, 0) is 6.42 Å². The van der Waals surface area contributed by atoms with Gasteiger partial charge in [-0.3, -0.25) is 10.0 Å². The molecule has 0 aromatic heterocycles. The molecule has 0 radical (unpaired) electrons. The van der Waals surface area contributed by atoms with E-state index in [1.54, 1.807) is 5.01 Å². The summed E-state index contributed by atoms with van der Waals surface area (Å²) >= 11 is 18.5. The van der Waals surface area contributed by atoms with Crippen molar-refractivity contribution in [3.8, 4) is 12.3 Å². The van der Waals surface area contributed by atoms with Gasteiger partial charge in [0, 0.05) is 22.9 Å². The van der Waals surface area contributed by atoms with Crippen molar-refractivity contribution in [2.24, 2.45) is 10.8 Å². The quantitative estimate of drug-likeness (QED) is 0.305. The Morgan fingerprint density at radius 3 is 2.81 bits per heavy atom. The number of halogens is 3. The summed E-state index contributed by atoms with van der Waals surface area (Å²) in [6.07, 6.45) is 8.97. The zero-order valence-electron chi connectivity index (χ0n) is 14.7. The smallest absolute Gasteiger partial charge is 0.145 e. The van der Waals surface area contributed by atoms with Gasteiger partial charge in [0.2, 0.25) is 0 Å². The Balaban J connectivity index is 2.29. The van der Waals surface area contributed by atoms with E-state index in [0.717, 1.165) is 29.9 Å². The van der Waals surface area contributed by atoms with Crippen molar-refractivity contribution >= 4 is 40.6 Å². The molecule has 0 atom stereocenters. The second-order valence-corrected chi connectivity index (χ2v) is 7.13. The van der Waals surface area contributed by atoms with Crippen LogP contribution in [-0.4, -0.2) is 29.8 Å². The van der Waals surface area contributed by atoms with Crippen LogP contribution in [0.15, 0.2) is 44.9 Å². The summed E-state index contributed by atoms with van der Waals surface area (Å²) < 4.78 is 0. The molecule has 0 fully saturated rings. The minimum atomic E-state index is 0.300. The SMILES string of the molecule is C#CC/C(Cl)=C(Cl)\C(=C/CCl)CCc1c(C)cccc1C1=NCCN1N.